The van der Waals surface area contributed by atoms with Gasteiger partial charge in [-0.15, -0.1) is 0 Å². The summed E-state index contributed by atoms with van der Waals surface area (Å²) in [5.41, 5.74) is 5.97. The lowest BCUT2D eigenvalue weighted by atomic mass is 9.83. The summed E-state index contributed by atoms with van der Waals surface area (Å²) in [6, 6.07) is 20.3. The Balaban J connectivity index is 1.63. The van der Waals surface area contributed by atoms with E-state index in [9.17, 15) is 9.59 Å². The van der Waals surface area contributed by atoms with Crippen LogP contribution in [-0.2, 0) is 25.5 Å². The van der Waals surface area contributed by atoms with Gasteiger partial charge in [0.05, 0.1) is 20.8 Å². The molecule has 0 saturated heterocycles. The number of carbonyl (C=O) groups is 2. The van der Waals surface area contributed by atoms with Crippen molar-refractivity contribution in [3.05, 3.63) is 87.9 Å². The van der Waals surface area contributed by atoms with Gasteiger partial charge >= 0.3 is 5.97 Å². The third-order valence-corrected chi connectivity index (χ3v) is 8.26. The second-order valence-electron chi connectivity index (χ2n) is 12.2. The van der Waals surface area contributed by atoms with E-state index in [0.29, 0.717) is 54.4 Å². The fourth-order valence-electron chi connectivity index (χ4n) is 5.21. The van der Waals surface area contributed by atoms with Gasteiger partial charge < -0.3 is 28.8 Å². The molecule has 0 radical (unpaired) electrons. The minimum atomic E-state index is -1.54. The molecule has 0 unspecified atom stereocenters. The topological polar surface area (TPSA) is 137 Å². The molecule has 48 heavy (non-hydrogen) atoms. The molecule has 0 aliphatic carbocycles. The number of hydrogen-bond donors (Lipinski definition) is 3. The number of nitrogens with one attached hydrogen (secondary N) is 2. The largest absolute Gasteiger partial charge is 0.494 e. The van der Waals surface area contributed by atoms with E-state index in [1.165, 1.54) is 0 Å². The van der Waals surface area contributed by atoms with Crippen molar-refractivity contribution in [2.45, 2.75) is 63.7 Å². The van der Waals surface area contributed by atoms with Crippen LogP contribution in [0.1, 0.15) is 62.8 Å². The highest BCUT2D eigenvalue weighted by molar-refractivity contribution is 9.10. The number of nitrogens with zero attached hydrogens (tertiary/aromatic N) is 1. The molecule has 1 aliphatic rings. The molecule has 3 aromatic carbocycles. The Kier molecular flexibility index (Phi) is 12.9. The number of hydrazine groups is 1. The smallest absolute Gasteiger partial charge is 0.306 e. The molecule has 3 aromatic rings. The number of aliphatic imine (C=N–C) groups is 1. The van der Waals surface area contributed by atoms with Crippen molar-refractivity contribution in [2.75, 3.05) is 34.0 Å². The summed E-state index contributed by atoms with van der Waals surface area (Å²) in [4.78, 5) is 32.3. The molecule has 4 rings (SSSR count). The number of esters is 1. The predicted molar refractivity (Wildman–Crippen MR) is 185 cm³/mol. The molecule has 0 fully saturated rings. The first-order valence-corrected chi connectivity index (χ1v) is 16.6. The lowest BCUT2D eigenvalue weighted by Gasteiger charge is -2.31. The van der Waals surface area contributed by atoms with Gasteiger partial charge in [-0.25, -0.2) is 10.4 Å². The maximum atomic E-state index is 14.3. The lowest BCUT2D eigenvalue weighted by molar-refractivity contribution is -0.155. The number of benzene rings is 3. The van der Waals surface area contributed by atoms with Gasteiger partial charge in [0.15, 0.2) is 23.1 Å². The summed E-state index contributed by atoms with van der Waals surface area (Å²) in [6.45, 7) is 6.21. The van der Waals surface area contributed by atoms with Gasteiger partial charge in [-0.2, -0.15) is 0 Å². The van der Waals surface area contributed by atoms with Crippen molar-refractivity contribution in [1.82, 2.24) is 10.9 Å². The molecular formula is C36H44BrN3O8. The zero-order chi connectivity index (χ0) is 34.7. The summed E-state index contributed by atoms with van der Waals surface area (Å²) < 4.78 is 29.3. The summed E-state index contributed by atoms with van der Waals surface area (Å²) in [5, 5.41) is 9.06. The van der Waals surface area contributed by atoms with E-state index >= 15 is 0 Å². The lowest BCUT2D eigenvalue weighted by Crippen LogP contribution is -2.53. The first-order valence-electron chi connectivity index (χ1n) is 15.8. The van der Waals surface area contributed by atoms with E-state index in [1.807, 2.05) is 42.5 Å². The van der Waals surface area contributed by atoms with Gasteiger partial charge in [-0.3, -0.25) is 15.0 Å². The molecule has 12 heteroatoms. The van der Waals surface area contributed by atoms with Gasteiger partial charge in [0.1, 0.15) is 11.4 Å². The van der Waals surface area contributed by atoms with Crippen LogP contribution in [-0.4, -0.2) is 68.0 Å². The number of methoxy groups -OCH3 is 2. The predicted octanol–water partition coefficient (Wildman–Crippen LogP) is 5.47. The zero-order valence-corrected chi connectivity index (χ0v) is 29.6. The number of halogens is 1. The Labute approximate surface area is 290 Å². The SMILES string of the molecule is COc1ccc(CCNNC(=O)[C@@]2(CCC(=O)OC(C)(C)C)N=C(c3ccc(OCCCO)cc3)O[C@H]2c2ccccc2Br)cc1OC. The highest BCUT2D eigenvalue weighted by Crippen LogP contribution is 2.45. The Morgan fingerprint density at radius 3 is 2.42 bits per heavy atom. The van der Waals surface area contributed by atoms with Crippen molar-refractivity contribution >= 4 is 33.7 Å². The van der Waals surface area contributed by atoms with Crippen molar-refractivity contribution in [3.63, 3.8) is 0 Å². The second kappa shape index (κ2) is 16.8. The van der Waals surface area contributed by atoms with Crippen LogP contribution in [0.2, 0.25) is 0 Å². The first-order chi connectivity index (χ1) is 23.0. The minimum Gasteiger partial charge on any atom is -0.494 e. The Morgan fingerprint density at radius 2 is 1.75 bits per heavy atom. The normalized spacial score (nSPS) is 17.2. The van der Waals surface area contributed by atoms with Gasteiger partial charge in [-0.1, -0.05) is 40.2 Å². The van der Waals surface area contributed by atoms with Crippen LogP contribution >= 0.6 is 15.9 Å². The molecule has 0 aromatic heterocycles. The molecule has 3 N–H and O–H groups in total. The molecule has 2 atom stereocenters. The molecule has 11 nitrogen and oxygen atoms in total. The van der Waals surface area contributed by atoms with Crippen LogP contribution in [0.15, 0.2) is 76.2 Å². The van der Waals surface area contributed by atoms with E-state index in [0.717, 1.165) is 10.0 Å². The summed E-state index contributed by atoms with van der Waals surface area (Å²) in [7, 11) is 3.16. The molecule has 0 bridgehead atoms. The first kappa shape index (κ1) is 36.7. The van der Waals surface area contributed by atoms with Gasteiger partial charge in [0.2, 0.25) is 5.90 Å². The van der Waals surface area contributed by atoms with Gasteiger partial charge in [-0.05, 0) is 81.6 Å². The van der Waals surface area contributed by atoms with E-state index in [4.69, 9.17) is 33.8 Å². The maximum Gasteiger partial charge on any atom is 0.306 e. The van der Waals surface area contributed by atoms with Crippen LogP contribution in [0.5, 0.6) is 17.2 Å². The number of rotatable bonds is 16. The van der Waals surface area contributed by atoms with Crippen molar-refractivity contribution < 1.29 is 38.4 Å². The van der Waals surface area contributed by atoms with Crippen LogP contribution in [0, 0.1) is 0 Å². The number of aliphatic hydroxyl groups excluding tert-OH is 1. The van der Waals surface area contributed by atoms with E-state index in [1.54, 1.807) is 59.3 Å². The number of amides is 1. The average molecular weight is 727 g/mol. The van der Waals surface area contributed by atoms with Crippen LogP contribution in [0.25, 0.3) is 0 Å². The van der Waals surface area contributed by atoms with Gasteiger partial charge in [0.25, 0.3) is 5.91 Å². The third-order valence-electron chi connectivity index (χ3n) is 7.54. The fraction of sp³-hybridized carbons (Fsp3) is 0.417. The van der Waals surface area contributed by atoms with E-state index < -0.39 is 29.1 Å². The molecule has 1 amide bonds. The molecule has 1 aliphatic heterocycles. The Hall–Kier alpha value is -4.13. The quantitative estimate of drug-likeness (QED) is 0.0998. The highest BCUT2D eigenvalue weighted by atomic mass is 79.9. The van der Waals surface area contributed by atoms with Crippen molar-refractivity contribution in [1.29, 1.82) is 0 Å². The van der Waals surface area contributed by atoms with Crippen molar-refractivity contribution in [3.8, 4) is 17.2 Å². The van der Waals surface area contributed by atoms with Gasteiger partial charge in [0, 0.05) is 41.6 Å². The second-order valence-corrected chi connectivity index (χ2v) is 13.1. The number of hydrogen-bond acceptors (Lipinski definition) is 10. The summed E-state index contributed by atoms with van der Waals surface area (Å²) in [5.74, 6) is 1.22. The molecule has 0 saturated carbocycles. The van der Waals surface area contributed by atoms with Crippen molar-refractivity contribution in [2.24, 2.45) is 4.99 Å². The monoisotopic (exact) mass is 725 g/mol. The van der Waals surface area contributed by atoms with Crippen LogP contribution in [0.4, 0.5) is 0 Å². The molecule has 258 valence electrons. The maximum absolute atomic E-state index is 14.3. The number of ether oxygens (including phenoxy) is 5. The number of aliphatic hydroxyl groups is 1. The van der Waals surface area contributed by atoms with E-state index in [2.05, 4.69) is 26.8 Å². The van der Waals surface area contributed by atoms with Crippen LogP contribution in [0.3, 0.4) is 0 Å². The minimum absolute atomic E-state index is 0.0168. The fourth-order valence-corrected chi connectivity index (χ4v) is 5.71. The highest BCUT2D eigenvalue weighted by Gasteiger charge is 2.54. The Bertz CT molecular complexity index is 1570. The summed E-state index contributed by atoms with van der Waals surface area (Å²) >= 11 is 3.63. The standard InChI is InChI=1S/C36H44BrN3O8/c1-35(2,3)48-31(42)17-19-36(34(43)40-38-20-18-24-11-16-29(44-4)30(23-24)45-5)32(27-9-6-7-10-28(27)37)47-33(39-36)25-12-14-26(15-13-25)46-22-8-21-41/h6-7,9-16,23,32,38,41H,8,17-22H2,1-5H3,(H,40,43)/t32-,36-/m0/s1. The Morgan fingerprint density at radius 1 is 1.02 bits per heavy atom. The molecular weight excluding hydrogens is 682 g/mol. The van der Waals surface area contributed by atoms with E-state index in [-0.39, 0.29) is 25.3 Å². The molecule has 0 spiro atoms. The zero-order valence-electron chi connectivity index (χ0n) is 28.0. The average Bonchev–Trinajstić information content (AvgIpc) is 3.46. The third kappa shape index (κ3) is 9.48. The molecule has 1 heterocycles. The summed E-state index contributed by atoms with van der Waals surface area (Å²) in [6.07, 6.45) is 0.163. The van der Waals surface area contributed by atoms with Crippen LogP contribution < -0.4 is 25.1 Å². The number of carbonyl (C=O) groups excluding carboxylic acids is 2.